The topological polar surface area (TPSA) is 112 Å². The minimum atomic E-state index is -3.69. The first kappa shape index (κ1) is 18.8. The minimum Gasteiger partial charge on any atom is -0.296 e. The summed E-state index contributed by atoms with van der Waals surface area (Å²) in [6.07, 6.45) is 0.492. The molecule has 3 aromatic rings. The monoisotopic (exact) mass is 463 g/mol. The average Bonchev–Trinajstić information content (AvgIpc) is 3.04. The summed E-state index contributed by atoms with van der Waals surface area (Å²) in [6, 6.07) is 10.0. The highest BCUT2D eigenvalue weighted by molar-refractivity contribution is 9.10. The molecule has 0 radical (unpaired) electrons. The Balaban J connectivity index is 1.70. The number of non-ortho nitro benzene ring substituents is 1. The van der Waals surface area contributed by atoms with Gasteiger partial charge in [0, 0.05) is 29.1 Å². The zero-order valence-corrected chi connectivity index (χ0v) is 16.8. The highest BCUT2D eigenvalue weighted by atomic mass is 79.9. The summed E-state index contributed by atoms with van der Waals surface area (Å²) in [5.41, 5.74) is 0.170. The van der Waals surface area contributed by atoms with Gasteiger partial charge in [0.25, 0.3) is 11.2 Å². The Bertz CT molecular complexity index is 1270. The Kier molecular flexibility index (Phi) is 4.54. The van der Waals surface area contributed by atoms with Crippen LogP contribution < -0.4 is 5.56 Å². The van der Waals surface area contributed by atoms with Crippen LogP contribution in [0.2, 0.25) is 0 Å². The lowest BCUT2D eigenvalue weighted by atomic mass is 10.1. The zero-order chi connectivity index (χ0) is 20.1. The molecule has 0 amide bonds. The van der Waals surface area contributed by atoms with Gasteiger partial charge in [-0.05, 0) is 36.8 Å². The number of benzene rings is 2. The van der Waals surface area contributed by atoms with E-state index in [2.05, 4.69) is 20.9 Å². The average molecular weight is 464 g/mol. The van der Waals surface area contributed by atoms with Crippen LogP contribution in [0.25, 0.3) is 10.9 Å². The molecule has 0 aliphatic carbocycles. The highest BCUT2D eigenvalue weighted by Gasteiger charge is 2.31. The Morgan fingerprint density at radius 2 is 1.93 bits per heavy atom. The molecule has 1 unspecified atom stereocenters. The Hall–Kier alpha value is -2.59. The van der Waals surface area contributed by atoms with Crippen molar-refractivity contribution in [3.8, 4) is 0 Å². The molecule has 144 valence electrons. The zero-order valence-electron chi connectivity index (χ0n) is 14.4. The van der Waals surface area contributed by atoms with E-state index in [9.17, 15) is 23.3 Å². The van der Waals surface area contributed by atoms with Crippen LogP contribution in [0.4, 0.5) is 5.69 Å². The number of fused-ring (bicyclic) bond motifs is 2. The van der Waals surface area contributed by atoms with Crippen LogP contribution in [0, 0.1) is 10.1 Å². The van der Waals surface area contributed by atoms with Crippen LogP contribution in [0.3, 0.4) is 0 Å². The van der Waals surface area contributed by atoms with Crippen LogP contribution in [0.5, 0.6) is 0 Å². The van der Waals surface area contributed by atoms with E-state index in [-0.39, 0.29) is 21.9 Å². The Morgan fingerprint density at radius 1 is 1.21 bits per heavy atom. The summed E-state index contributed by atoms with van der Waals surface area (Å²) in [5.74, 6) is -0.172. The molecule has 8 nitrogen and oxygen atoms in total. The maximum atomic E-state index is 12.8. The van der Waals surface area contributed by atoms with E-state index in [1.807, 2.05) is 0 Å². The first-order valence-corrected chi connectivity index (χ1v) is 10.9. The number of nitro benzene ring substituents is 1. The predicted molar refractivity (Wildman–Crippen MR) is 106 cm³/mol. The van der Waals surface area contributed by atoms with E-state index in [0.29, 0.717) is 29.7 Å². The molecule has 2 heterocycles. The van der Waals surface area contributed by atoms with Crippen molar-refractivity contribution in [2.75, 3.05) is 5.75 Å². The van der Waals surface area contributed by atoms with Crippen molar-refractivity contribution in [1.29, 1.82) is 0 Å². The lowest BCUT2D eigenvalue weighted by Crippen LogP contribution is -2.22. The second kappa shape index (κ2) is 6.78. The molecule has 28 heavy (non-hydrogen) atoms. The number of rotatable bonds is 4. The van der Waals surface area contributed by atoms with Crippen molar-refractivity contribution in [2.45, 2.75) is 23.8 Å². The van der Waals surface area contributed by atoms with E-state index >= 15 is 0 Å². The Labute approximate surface area is 168 Å². The second-order valence-electron chi connectivity index (χ2n) is 6.61. The van der Waals surface area contributed by atoms with E-state index in [1.165, 1.54) is 28.8 Å². The van der Waals surface area contributed by atoms with Crippen LogP contribution in [-0.4, -0.2) is 28.6 Å². The van der Waals surface area contributed by atoms with Gasteiger partial charge in [0.2, 0.25) is 0 Å². The standard InChI is InChI=1S/C18H14BrN3O5S/c19-12-1-6-15-16(9-12)20-17-11(7-8-21(17)18(15)23)10-28(26,27)14-4-2-13(3-5-14)22(24)25/h1-6,9,11H,7-8,10H2. The van der Waals surface area contributed by atoms with Crippen molar-refractivity contribution < 1.29 is 13.3 Å². The molecule has 0 saturated carbocycles. The van der Waals surface area contributed by atoms with E-state index < -0.39 is 20.7 Å². The van der Waals surface area contributed by atoms with Crippen molar-refractivity contribution in [2.24, 2.45) is 0 Å². The Morgan fingerprint density at radius 3 is 2.61 bits per heavy atom. The van der Waals surface area contributed by atoms with Crippen LogP contribution in [0.1, 0.15) is 18.2 Å². The third kappa shape index (κ3) is 3.22. The first-order chi connectivity index (χ1) is 13.3. The third-order valence-corrected chi connectivity index (χ3v) is 7.17. The van der Waals surface area contributed by atoms with Gasteiger partial charge in [0.05, 0.1) is 26.5 Å². The molecule has 0 fully saturated rings. The van der Waals surface area contributed by atoms with Crippen molar-refractivity contribution >= 4 is 42.4 Å². The molecule has 10 heteroatoms. The van der Waals surface area contributed by atoms with Gasteiger partial charge in [-0.3, -0.25) is 19.5 Å². The first-order valence-electron chi connectivity index (χ1n) is 8.43. The number of aromatic nitrogens is 2. The van der Waals surface area contributed by atoms with Gasteiger partial charge in [-0.1, -0.05) is 15.9 Å². The quantitative estimate of drug-likeness (QED) is 0.434. The third-order valence-electron chi connectivity index (χ3n) is 4.84. The fourth-order valence-corrected chi connectivity index (χ4v) is 5.38. The molecule has 0 bridgehead atoms. The molecule has 2 aromatic carbocycles. The lowest BCUT2D eigenvalue weighted by molar-refractivity contribution is -0.384. The van der Waals surface area contributed by atoms with Gasteiger partial charge < -0.3 is 0 Å². The summed E-state index contributed by atoms with van der Waals surface area (Å²) in [4.78, 5) is 27.5. The molecule has 1 aromatic heterocycles. The summed E-state index contributed by atoms with van der Waals surface area (Å²) < 4.78 is 27.9. The highest BCUT2D eigenvalue weighted by Crippen LogP contribution is 2.30. The van der Waals surface area contributed by atoms with Gasteiger partial charge in [0.1, 0.15) is 5.82 Å². The number of hydrogen-bond donors (Lipinski definition) is 0. The largest absolute Gasteiger partial charge is 0.296 e. The number of hydrogen-bond acceptors (Lipinski definition) is 6. The maximum absolute atomic E-state index is 12.8. The van der Waals surface area contributed by atoms with Gasteiger partial charge in [0.15, 0.2) is 9.84 Å². The van der Waals surface area contributed by atoms with Gasteiger partial charge in [-0.25, -0.2) is 13.4 Å². The maximum Gasteiger partial charge on any atom is 0.269 e. The van der Waals surface area contributed by atoms with Crippen molar-refractivity contribution in [3.05, 3.63) is 73.2 Å². The fraction of sp³-hybridized carbons (Fsp3) is 0.222. The molecule has 0 spiro atoms. The second-order valence-corrected chi connectivity index (χ2v) is 9.56. The predicted octanol–water partition coefficient (Wildman–Crippen LogP) is 3.03. The lowest BCUT2D eigenvalue weighted by Gasteiger charge is -2.12. The summed E-state index contributed by atoms with van der Waals surface area (Å²) in [5, 5.41) is 11.2. The van der Waals surface area contributed by atoms with Crippen LogP contribution in [-0.2, 0) is 16.4 Å². The molecular weight excluding hydrogens is 450 g/mol. The molecule has 0 saturated heterocycles. The van der Waals surface area contributed by atoms with Crippen molar-refractivity contribution in [3.63, 3.8) is 0 Å². The van der Waals surface area contributed by atoms with Gasteiger partial charge in [-0.2, -0.15) is 0 Å². The van der Waals surface area contributed by atoms with Crippen LogP contribution in [0.15, 0.2) is 56.6 Å². The number of sulfone groups is 1. The molecule has 1 aliphatic rings. The van der Waals surface area contributed by atoms with E-state index in [4.69, 9.17) is 0 Å². The number of halogens is 1. The van der Waals surface area contributed by atoms with E-state index in [0.717, 1.165) is 4.47 Å². The number of nitrogens with zero attached hydrogens (tertiary/aromatic N) is 3. The molecular formula is C18H14BrN3O5S. The van der Waals surface area contributed by atoms with Crippen molar-refractivity contribution in [1.82, 2.24) is 9.55 Å². The van der Waals surface area contributed by atoms with Crippen LogP contribution >= 0.6 is 15.9 Å². The molecule has 1 aliphatic heterocycles. The molecule has 4 rings (SSSR count). The minimum absolute atomic E-state index is 0.0161. The van der Waals surface area contributed by atoms with Gasteiger partial charge in [-0.15, -0.1) is 0 Å². The number of nitro groups is 1. The SMILES string of the molecule is O=c1c2ccc(Br)cc2nc2n1CCC2CS(=O)(=O)c1ccc([N+](=O)[O-])cc1. The summed E-state index contributed by atoms with van der Waals surface area (Å²) in [7, 11) is -3.69. The van der Waals surface area contributed by atoms with Gasteiger partial charge >= 0.3 is 0 Å². The summed E-state index contributed by atoms with van der Waals surface area (Å²) >= 11 is 3.36. The molecule has 1 atom stereocenters. The summed E-state index contributed by atoms with van der Waals surface area (Å²) in [6.45, 7) is 0.410. The molecule has 0 N–H and O–H groups in total. The van der Waals surface area contributed by atoms with E-state index in [1.54, 1.807) is 18.2 Å². The smallest absolute Gasteiger partial charge is 0.269 e. The normalized spacial score (nSPS) is 16.2. The fourth-order valence-electron chi connectivity index (χ4n) is 3.45.